The Morgan fingerprint density at radius 2 is 1.77 bits per heavy atom. The van der Waals surface area contributed by atoms with E-state index in [1.54, 1.807) is 18.2 Å². The highest BCUT2D eigenvalue weighted by Gasteiger charge is 2.30. The number of alkyl halides is 3. The first kappa shape index (κ1) is 16.9. The number of pyridine rings is 1. The minimum absolute atomic E-state index is 0.00180. The number of aliphatic hydroxyl groups excluding tert-OH is 1. The van der Waals surface area contributed by atoms with Gasteiger partial charge in [-0.15, -0.1) is 0 Å². The number of aliphatic hydroxyl groups is 1. The van der Waals surface area contributed by atoms with Crippen LogP contribution in [0.5, 0.6) is 0 Å². The van der Waals surface area contributed by atoms with Crippen LogP contribution in [0.3, 0.4) is 0 Å². The van der Waals surface area contributed by atoms with Crippen molar-refractivity contribution in [2.45, 2.75) is 12.3 Å². The first-order chi connectivity index (χ1) is 10.3. The molecule has 1 aromatic heterocycles. The van der Waals surface area contributed by atoms with Crippen molar-refractivity contribution in [3.8, 4) is 0 Å². The van der Waals surface area contributed by atoms with Crippen LogP contribution < -0.4 is 5.32 Å². The highest BCUT2D eigenvalue weighted by Crippen LogP contribution is 2.31. The van der Waals surface area contributed by atoms with Crippen molar-refractivity contribution in [3.05, 3.63) is 57.7 Å². The van der Waals surface area contributed by atoms with Crippen LogP contribution in [0.25, 0.3) is 0 Å². The van der Waals surface area contributed by atoms with E-state index in [-0.39, 0.29) is 12.4 Å². The SMILES string of the molecule is OC(CNc1ccc(C(F)(F)F)cn1)c1c(Cl)cccc1Cl. The number of hydrogen-bond acceptors (Lipinski definition) is 3. The number of nitrogens with zero attached hydrogens (tertiary/aromatic N) is 1. The fourth-order valence-corrected chi connectivity index (χ4v) is 2.45. The van der Waals surface area contributed by atoms with Crippen molar-refractivity contribution in [1.29, 1.82) is 0 Å². The topological polar surface area (TPSA) is 45.1 Å². The number of nitrogens with one attached hydrogen (secondary N) is 1. The van der Waals surface area contributed by atoms with Gasteiger partial charge in [0, 0.05) is 28.4 Å². The Labute approximate surface area is 134 Å². The van der Waals surface area contributed by atoms with Crippen molar-refractivity contribution in [2.75, 3.05) is 11.9 Å². The van der Waals surface area contributed by atoms with Crippen LogP contribution in [0.1, 0.15) is 17.2 Å². The van der Waals surface area contributed by atoms with Gasteiger partial charge in [0.1, 0.15) is 5.82 Å². The Morgan fingerprint density at radius 1 is 1.14 bits per heavy atom. The number of benzene rings is 1. The molecule has 0 spiro atoms. The Morgan fingerprint density at radius 3 is 2.27 bits per heavy atom. The predicted molar refractivity (Wildman–Crippen MR) is 79.2 cm³/mol. The maximum absolute atomic E-state index is 12.4. The fourth-order valence-electron chi connectivity index (χ4n) is 1.80. The van der Waals surface area contributed by atoms with E-state index in [0.717, 1.165) is 12.3 Å². The minimum Gasteiger partial charge on any atom is -0.386 e. The molecular weight excluding hydrogens is 340 g/mol. The van der Waals surface area contributed by atoms with E-state index in [0.29, 0.717) is 15.6 Å². The lowest BCUT2D eigenvalue weighted by molar-refractivity contribution is -0.137. The van der Waals surface area contributed by atoms with Crippen molar-refractivity contribution in [1.82, 2.24) is 4.98 Å². The maximum atomic E-state index is 12.4. The first-order valence-corrected chi connectivity index (χ1v) is 6.93. The van der Waals surface area contributed by atoms with Crippen LogP contribution in [0.15, 0.2) is 36.5 Å². The van der Waals surface area contributed by atoms with Crippen molar-refractivity contribution < 1.29 is 18.3 Å². The molecule has 0 aliphatic carbocycles. The molecular formula is C14H11Cl2F3N2O. The van der Waals surface area contributed by atoms with Gasteiger partial charge in [-0.2, -0.15) is 13.2 Å². The van der Waals surface area contributed by atoms with Crippen LogP contribution in [0, 0.1) is 0 Å². The quantitative estimate of drug-likeness (QED) is 0.849. The van der Waals surface area contributed by atoms with Gasteiger partial charge in [0.2, 0.25) is 0 Å². The van der Waals surface area contributed by atoms with Gasteiger partial charge in [-0.3, -0.25) is 0 Å². The first-order valence-electron chi connectivity index (χ1n) is 6.18. The zero-order chi connectivity index (χ0) is 16.3. The summed E-state index contributed by atoms with van der Waals surface area (Å²) in [5, 5.41) is 13.4. The average Bonchev–Trinajstić information content (AvgIpc) is 2.44. The fraction of sp³-hybridized carbons (Fsp3) is 0.214. The van der Waals surface area contributed by atoms with Gasteiger partial charge < -0.3 is 10.4 Å². The molecule has 3 nitrogen and oxygen atoms in total. The lowest BCUT2D eigenvalue weighted by atomic mass is 10.1. The zero-order valence-corrected chi connectivity index (χ0v) is 12.5. The van der Waals surface area contributed by atoms with Crippen LogP contribution >= 0.6 is 23.2 Å². The molecule has 0 fully saturated rings. The molecule has 0 bridgehead atoms. The Kier molecular flexibility index (Phi) is 5.16. The van der Waals surface area contributed by atoms with Gasteiger partial charge >= 0.3 is 6.18 Å². The summed E-state index contributed by atoms with van der Waals surface area (Å²) >= 11 is 11.9. The van der Waals surface area contributed by atoms with E-state index >= 15 is 0 Å². The van der Waals surface area contributed by atoms with Gasteiger partial charge in [0.15, 0.2) is 0 Å². The number of aromatic nitrogens is 1. The molecule has 2 N–H and O–H groups in total. The smallest absolute Gasteiger partial charge is 0.386 e. The molecule has 1 atom stereocenters. The monoisotopic (exact) mass is 350 g/mol. The van der Waals surface area contributed by atoms with E-state index in [4.69, 9.17) is 23.2 Å². The second kappa shape index (κ2) is 6.73. The third kappa shape index (κ3) is 4.03. The summed E-state index contributed by atoms with van der Waals surface area (Å²) in [5.74, 6) is 0.204. The van der Waals surface area contributed by atoms with Crippen LogP contribution in [0.2, 0.25) is 10.0 Å². The lowest BCUT2D eigenvalue weighted by Crippen LogP contribution is -2.14. The van der Waals surface area contributed by atoms with E-state index in [9.17, 15) is 18.3 Å². The highest BCUT2D eigenvalue weighted by atomic mass is 35.5. The second-order valence-electron chi connectivity index (χ2n) is 4.46. The molecule has 0 aliphatic rings. The van der Waals surface area contributed by atoms with E-state index in [1.807, 2.05) is 0 Å². The Hall–Kier alpha value is -1.50. The molecule has 22 heavy (non-hydrogen) atoms. The highest BCUT2D eigenvalue weighted by molar-refractivity contribution is 6.36. The zero-order valence-electron chi connectivity index (χ0n) is 11.0. The standard InChI is InChI=1S/C14H11Cl2F3N2O/c15-9-2-1-3-10(16)13(9)11(22)7-21-12-5-4-8(6-20-12)14(17,18)19/h1-6,11,22H,7H2,(H,20,21). The summed E-state index contributed by atoms with van der Waals surface area (Å²) in [6.45, 7) is 0.00180. The third-order valence-electron chi connectivity index (χ3n) is 2.90. The van der Waals surface area contributed by atoms with Crippen LogP contribution in [0.4, 0.5) is 19.0 Å². The van der Waals surface area contributed by atoms with Gasteiger partial charge in [0.05, 0.1) is 11.7 Å². The normalized spacial score (nSPS) is 13.0. The van der Waals surface area contributed by atoms with Gasteiger partial charge in [-0.05, 0) is 24.3 Å². The predicted octanol–water partition coefficient (Wildman–Crippen LogP) is 4.55. The molecule has 0 saturated carbocycles. The largest absolute Gasteiger partial charge is 0.417 e. The van der Waals surface area contributed by atoms with Crippen LogP contribution in [-0.4, -0.2) is 16.6 Å². The molecule has 118 valence electrons. The van der Waals surface area contributed by atoms with E-state index in [2.05, 4.69) is 10.3 Å². The van der Waals surface area contributed by atoms with Gasteiger partial charge in [-0.1, -0.05) is 29.3 Å². The summed E-state index contributed by atoms with van der Waals surface area (Å²) in [4.78, 5) is 3.65. The number of rotatable bonds is 4. The molecule has 2 rings (SSSR count). The van der Waals surface area contributed by atoms with Crippen molar-refractivity contribution in [3.63, 3.8) is 0 Å². The molecule has 8 heteroatoms. The lowest BCUT2D eigenvalue weighted by Gasteiger charge is -2.15. The third-order valence-corrected chi connectivity index (χ3v) is 3.56. The molecule has 1 aromatic carbocycles. The molecule has 2 aromatic rings. The summed E-state index contributed by atoms with van der Waals surface area (Å²) in [6.07, 6.45) is -4.74. The molecule has 0 aliphatic heterocycles. The van der Waals surface area contributed by atoms with Crippen molar-refractivity contribution in [2.24, 2.45) is 0 Å². The summed E-state index contributed by atoms with van der Waals surface area (Å²) < 4.78 is 37.2. The number of hydrogen-bond donors (Lipinski definition) is 2. The Bertz CT molecular complexity index is 627. The van der Waals surface area contributed by atoms with E-state index in [1.165, 1.54) is 6.07 Å². The van der Waals surface area contributed by atoms with Gasteiger partial charge in [-0.25, -0.2) is 4.98 Å². The summed E-state index contributed by atoms with van der Waals surface area (Å²) in [6, 6.07) is 6.91. The minimum atomic E-state index is -4.43. The van der Waals surface area contributed by atoms with Gasteiger partial charge in [0.25, 0.3) is 0 Å². The Balaban J connectivity index is 2.04. The molecule has 1 heterocycles. The van der Waals surface area contributed by atoms with Crippen LogP contribution in [-0.2, 0) is 6.18 Å². The summed E-state index contributed by atoms with van der Waals surface area (Å²) in [7, 11) is 0. The average molecular weight is 351 g/mol. The summed E-state index contributed by atoms with van der Waals surface area (Å²) in [5.41, 5.74) is -0.488. The van der Waals surface area contributed by atoms with E-state index < -0.39 is 17.8 Å². The van der Waals surface area contributed by atoms with Crippen molar-refractivity contribution >= 4 is 29.0 Å². The maximum Gasteiger partial charge on any atom is 0.417 e. The molecule has 0 saturated heterocycles. The molecule has 1 unspecified atom stereocenters. The number of halogens is 5. The number of anilines is 1. The molecule has 0 radical (unpaired) electrons. The second-order valence-corrected chi connectivity index (χ2v) is 5.28. The molecule has 0 amide bonds.